The summed E-state index contributed by atoms with van der Waals surface area (Å²) in [4.78, 5) is 28.6. The van der Waals surface area contributed by atoms with Gasteiger partial charge in [0.15, 0.2) is 0 Å². The Morgan fingerprint density at radius 1 is 1.19 bits per heavy atom. The number of piperidine rings is 1. The number of likely N-dealkylation sites (tertiary alicyclic amines) is 1. The molecule has 36 heavy (non-hydrogen) atoms. The molecule has 6 nitrogen and oxygen atoms in total. The number of carbonyl (C=O) groups is 1. The Labute approximate surface area is 214 Å². The molecule has 1 aliphatic carbocycles. The Hall–Kier alpha value is -3.59. The number of rotatable bonds is 8. The van der Waals surface area contributed by atoms with E-state index < -0.39 is 5.41 Å². The third kappa shape index (κ3) is 6.15. The van der Waals surface area contributed by atoms with Crippen molar-refractivity contribution < 1.29 is 4.79 Å². The standard InChI is InChI=1S/C30H35N5O/c1-4-22(2)6-5-7-27(23(3)28-12-15-32-21-34-28)29(36)35-16-13-30(20-31,14-17-35)18-26-11-10-25(19-33-26)24-8-9-24/h5-7,10-12,15,19,21,24H,4,8-9,13-14,16-18H2,1-3H3/b7-5-,22-6+,27-23-. The first-order chi connectivity index (χ1) is 17.4. The number of nitriles is 1. The molecule has 2 fully saturated rings. The number of carbonyl (C=O) groups excluding carboxylic acids is 1. The fourth-order valence-electron chi connectivity index (χ4n) is 4.62. The number of nitrogens with zero attached hydrogens (tertiary/aromatic N) is 5. The zero-order valence-corrected chi connectivity index (χ0v) is 21.6. The molecule has 0 atom stereocenters. The summed E-state index contributed by atoms with van der Waals surface area (Å²) in [5.74, 6) is 0.651. The normalized spacial score (nSPS) is 18.6. The Bertz CT molecular complexity index is 1190. The van der Waals surface area contributed by atoms with Crippen LogP contribution in [0.1, 0.15) is 75.7 Å². The molecule has 0 radical (unpaired) electrons. The summed E-state index contributed by atoms with van der Waals surface area (Å²) >= 11 is 0. The van der Waals surface area contributed by atoms with Crippen LogP contribution in [0.25, 0.3) is 5.57 Å². The summed E-state index contributed by atoms with van der Waals surface area (Å²) < 4.78 is 0. The molecule has 0 spiro atoms. The quantitative estimate of drug-likeness (QED) is 0.351. The van der Waals surface area contributed by atoms with Crippen molar-refractivity contribution >= 4 is 11.5 Å². The molecule has 2 aliphatic rings. The van der Waals surface area contributed by atoms with Crippen molar-refractivity contribution in [2.24, 2.45) is 5.41 Å². The molecule has 0 aromatic carbocycles. The summed E-state index contributed by atoms with van der Waals surface area (Å²) in [5.41, 5.74) is 5.19. The van der Waals surface area contributed by atoms with Gasteiger partial charge in [0.05, 0.1) is 17.2 Å². The summed E-state index contributed by atoms with van der Waals surface area (Å²) in [6.45, 7) is 7.21. The van der Waals surface area contributed by atoms with Crippen LogP contribution in [-0.2, 0) is 11.2 Å². The Morgan fingerprint density at radius 2 is 1.97 bits per heavy atom. The lowest BCUT2D eigenvalue weighted by atomic mass is 9.76. The lowest BCUT2D eigenvalue weighted by Crippen LogP contribution is -2.44. The zero-order valence-electron chi connectivity index (χ0n) is 21.6. The van der Waals surface area contributed by atoms with Crippen LogP contribution in [0.4, 0.5) is 0 Å². The van der Waals surface area contributed by atoms with Crippen LogP contribution in [0.5, 0.6) is 0 Å². The lowest BCUT2D eigenvalue weighted by molar-refractivity contribution is -0.128. The first-order valence-electron chi connectivity index (χ1n) is 12.9. The lowest BCUT2D eigenvalue weighted by Gasteiger charge is -2.37. The molecule has 2 aromatic heterocycles. The van der Waals surface area contributed by atoms with Crippen LogP contribution < -0.4 is 0 Å². The molecule has 3 heterocycles. The van der Waals surface area contributed by atoms with Crippen molar-refractivity contribution in [2.75, 3.05) is 13.1 Å². The second kappa shape index (κ2) is 11.4. The van der Waals surface area contributed by atoms with E-state index in [1.54, 1.807) is 6.20 Å². The Morgan fingerprint density at radius 3 is 2.56 bits per heavy atom. The zero-order chi connectivity index (χ0) is 25.5. The fraction of sp³-hybridized carbons (Fsp3) is 0.433. The first kappa shape index (κ1) is 25.5. The molecule has 2 aromatic rings. The minimum absolute atomic E-state index is 0.0247. The second-order valence-corrected chi connectivity index (χ2v) is 10.1. The van der Waals surface area contributed by atoms with Crippen LogP contribution in [0.15, 0.2) is 66.3 Å². The summed E-state index contributed by atoms with van der Waals surface area (Å²) in [6.07, 6.45) is 16.4. The van der Waals surface area contributed by atoms with Gasteiger partial charge in [-0.2, -0.15) is 5.26 Å². The van der Waals surface area contributed by atoms with E-state index in [0.717, 1.165) is 23.4 Å². The smallest absolute Gasteiger partial charge is 0.254 e. The number of hydrogen-bond acceptors (Lipinski definition) is 5. The van der Waals surface area contributed by atoms with Crippen molar-refractivity contribution in [3.8, 4) is 6.07 Å². The van der Waals surface area contributed by atoms with Crippen molar-refractivity contribution in [1.29, 1.82) is 5.26 Å². The van der Waals surface area contributed by atoms with Gasteiger partial charge in [-0.1, -0.05) is 30.7 Å². The van der Waals surface area contributed by atoms with E-state index in [2.05, 4.69) is 47.0 Å². The molecule has 1 saturated heterocycles. The molecule has 6 heteroatoms. The summed E-state index contributed by atoms with van der Waals surface area (Å²) in [7, 11) is 0. The van der Waals surface area contributed by atoms with Crippen LogP contribution in [0, 0.1) is 16.7 Å². The third-order valence-electron chi connectivity index (χ3n) is 7.46. The predicted molar refractivity (Wildman–Crippen MR) is 142 cm³/mol. The van der Waals surface area contributed by atoms with E-state index in [1.165, 1.54) is 30.3 Å². The van der Waals surface area contributed by atoms with E-state index in [-0.39, 0.29) is 5.91 Å². The molecular formula is C30H35N5O. The van der Waals surface area contributed by atoms with Gasteiger partial charge in [0.25, 0.3) is 5.91 Å². The second-order valence-electron chi connectivity index (χ2n) is 10.1. The molecule has 0 N–H and O–H groups in total. The monoisotopic (exact) mass is 481 g/mol. The molecule has 4 rings (SSSR count). The van der Waals surface area contributed by atoms with Crippen molar-refractivity contribution in [2.45, 2.75) is 65.2 Å². The molecule has 0 bridgehead atoms. The minimum atomic E-state index is -0.493. The van der Waals surface area contributed by atoms with Gasteiger partial charge in [-0.05, 0) is 81.2 Å². The number of pyridine rings is 1. The Kier molecular flexibility index (Phi) is 8.10. The largest absolute Gasteiger partial charge is 0.339 e. The fourth-order valence-corrected chi connectivity index (χ4v) is 4.62. The SMILES string of the molecule is CC/C(C)=C/C=C\C(C(=O)N1CCC(C#N)(Cc2ccc(C3CC3)cn2)CC1)=C(/C)c1ccncn1. The number of amides is 1. The molecule has 1 amide bonds. The van der Waals surface area contributed by atoms with E-state index >= 15 is 0 Å². The highest BCUT2D eigenvalue weighted by Gasteiger charge is 2.37. The number of hydrogen-bond donors (Lipinski definition) is 0. The van der Waals surface area contributed by atoms with Gasteiger partial charge in [-0.25, -0.2) is 9.97 Å². The van der Waals surface area contributed by atoms with Crippen LogP contribution in [0.2, 0.25) is 0 Å². The van der Waals surface area contributed by atoms with Gasteiger partial charge in [0.1, 0.15) is 6.33 Å². The van der Waals surface area contributed by atoms with Crippen LogP contribution >= 0.6 is 0 Å². The highest BCUT2D eigenvalue weighted by atomic mass is 16.2. The summed E-state index contributed by atoms with van der Waals surface area (Å²) in [5, 5.41) is 10.1. The van der Waals surface area contributed by atoms with E-state index in [9.17, 15) is 10.1 Å². The van der Waals surface area contributed by atoms with Crippen molar-refractivity contribution in [3.63, 3.8) is 0 Å². The van der Waals surface area contributed by atoms with E-state index in [0.29, 0.717) is 43.8 Å². The van der Waals surface area contributed by atoms with Crippen LogP contribution in [0.3, 0.4) is 0 Å². The first-order valence-corrected chi connectivity index (χ1v) is 12.9. The molecular weight excluding hydrogens is 446 g/mol. The van der Waals surface area contributed by atoms with Crippen LogP contribution in [-0.4, -0.2) is 38.8 Å². The molecule has 0 unspecified atom stereocenters. The highest BCUT2D eigenvalue weighted by Crippen LogP contribution is 2.40. The van der Waals surface area contributed by atoms with Gasteiger partial charge in [0.2, 0.25) is 0 Å². The van der Waals surface area contributed by atoms with Gasteiger partial charge in [0, 0.05) is 43.2 Å². The van der Waals surface area contributed by atoms with Crippen molar-refractivity contribution in [3.05, 3.63) is 83.2 Å². The average molecular weight is 482 g/mol. The van der Waals surface area contributed by atoms with Gasteiger partial charge < -0.3 is 4.90 Å². The highest BCUT2D eigenvalue weighted by molar-refractivity contribution is 6.03. The van der Waals surface area contributed by atoms with E-state index in [1.807, 2.05) is 42.3 Å². The Balaban J connectivity index is 1.49. The molecule has 1 saturated carbocycles. The summed E-state index contributed by atoms with van der Waals surface area (Å²) in [6, 6.07) is 8.64. The van der Waals surface area contributed by atoms with Gasteiger partial charge >= 0.3 is 0 Å². The number of allylic oxidation sites excluding steroid dienone is 4. The third-order valence-corrected chi connectivity index (χ3v) is 7.46. The molecule has 1 aliphatic heterocycles. The van der Waals surface area contributed by atoms with Gasteiger partial charge in [-0.15, -0.1) is 0 Å². The number of aromatic nitrogens is 3. The maximum Gasteiger partial charge on any atom is 0.254 e. The van der Waals surface area contributed by atoms with E-state index in [4.69, 9.17) is 0 Å². The predicted octanol–water partition coefficient (Wildman–Crippen LogP) is 5.81. The van der Waals surface area contributed by atoms with Gasteiger partial charge in [-0.3, -0.25) is 9.78 Å². The van der Waals surface area contributed by atoms with Crippen molar-refractivity contribution in [1.82, 2.24) is 19.9 Å². The molecule has 186 valence electrons. The topological polar surface area (TPSA) is 82.8 Å². The maximum absolute atomic E-state index is 13.7. The maximum atomic E-state index is 13.7. The minimum Gasteiger partial charge on any atom is -0.339 e. The average Bonchev–Trinajstić information content (AvgIpc) is 3.77.